The molecule has 0 saturated heterocycles. The van der Waals surface area contributed by atoms with Gasteiger partial charge in [0.1, 0.15) is 6.10 Å². The number of ether oxygens (including phenoxy) is 1. The van der Waals surface area contributed by atoms with Crippen LogP contribution in [0.3, 0.4) is 0 Å². The first-order valence-electron chi connectivity index (χ1n) is 20.0. The molecule has 6 rings (SSSR count). The number of carbonyl (C=O) groups excluding carboxylic acids is 2. The lowest BCUT2D eigenvalue weighted by Crippen LogP contribution is -2.66. The van der Waals surface area contributed by atoms with Gasteiger partial charge >= 0.3 is 11.9 Å². The van der Waals surface area contributed by atoms with Crippen LogP contribution >= 0.6 is 11.6 Å². The summed E-state index contributed by atoms with van der Waals surface area (Å²) in [5.41, 5.74) is 1.55. The average molecular weight is 738 g/mol. The zero-order chi connectivity index (χ0) is 38.2. The number of ketones is 1. The SMILES string of the molecule is CC(C)C1=C2[C@H]3CC[C@@H]4[C@@]5(C)CC[C@H](OC(=O)CC(C)(C)C(=O)O)C(C)(C)[C@@H]5CC[C@@]4(C)[C@]3(C)CC[C@@]2([C@H](O)CNCc2ccc(Cl)cc2)CC1=O. The van der Waals surface area contributed by atoms with Gasteiger partial charge in [-0.25, -0.2) is 0 Å². The second-order valence-electron chi connectivity index (χ2n) is 19.8. The molecule has 0 unspecified atom stereocenters. The summed E-state index contributed by atoms with van der Waals surface area (Å²) in [7, 11) is 0. The quantitative estimate of drug-likeness (QED) is 0.205. The van der Waals surface area contributed by atoms with Crippen LogP contribution in [-0.4, -0.2) is 46.7 Å². The molecule has 5 aliphatic rings. The molecule has 0 heterocycles. The number of carbonyl (C=O) groups is 3. The molecule has 0 aromatic heterocycles. The minimum Gasteiger partial charge on any atom is -0.481 e. The number of aliphatic carboxylic acids is 1. The van der Waals surface area contributed by atoms with Gasteiger partial charge in [-0.1, -0.05) is 77.8 Å². The van der Waals surface area contributed by atoms with Crippen LogP contribution in [0.4, 0.5) is 0 Å². The van der Waals surface area contributed by atoms with Gasteiger partial charge in [0.05, 0.1) is 17.9 Å². The minimum absolute atomic E-state index is 0.0141. The van der Waals surface area contributed by atoms with Gasteiger partial charge in [-0.15, -0.1) is 0 Å². The van der Waals surface area contributed by atoms with Gasteiger partial charge in [0.2, 0.25) is 0 Å². The van der Waals surface area contributed by atoms with Gasteiger partial charge in [-0.3, -0.25) is 14.4 Å². The molecule has 4 saturated carbocycles. The first kappa shape index (κ1) is 39.5. The van der Waals surface area contributed by atoms with Crippen LogP contribution in [0.5, 0.6) is 0 Å². The molecule has 0 aliphatic heterocycles. The summed E-state index contributed by atoms with van der Waals surface area (Å²) in [6.45, 7) is 20.7. The lowest BCUT2D eigenvalue weighted by Gasteiger charge is -2.72. The van der Waals surface area contributed by atoms with Gasteiger partial charge in [0.25, 0.3) is 0 Å². The first-order valence-corrected chi connectivity index (χ1v) is 20.4. The summed E-state index contributed by atoms with van der Waals surface area (Å²) < 4.78 is 6.16. The van der Waals surface area contributed by atoms with E-state index in [0.29, 0.717) is 36.4 Å². The summed E-state index contributed by atoms with van der Waals surface area (Å²) in [6.07, 6.45) is 7.17. The van der Waals surface area contributed by atoms with Gasteiger partial charge < -0.3 is 20.3 Å². The number of carboxylic acid groups (broad SMARTS) is 1. The number of halogens is 1. The fourth-order valence-electron chi connectivity index (χ4n) is 13.1. The first-order chi connectivity index (χ1) is 24.1. The average Bonchev–Trinajstić information content (AvgIpc) is 3.36. The standard InChI is InChI=1S/C44H64ClNO6/c1-26(2)36-30(47)22-44(33(48)25-46-24-27-10-12-28(45)13-11-27)21-20-42(8)29(37(36)44)14-15-32-41(7)18-17-34(52-35(49)23-39(3,4)38(50)51)40(5,6)31(41)16-19-43(32,42)9/h10-13,26,29,31-34,46,48H,14-25H2,1-9H3,(H,50,51)/t29-,31+,32-,33-,34+,41+,42-,43-,44+/m1/s1. The van der Waals surface area contributed by atoms with E-state index in [1.165, 1.54) is 5.57 Å². The number of hydrogen-bond donors (Lipinski definition) is 3. The van der Waals surface area contributed by atoms with Crippen molar-refractivity contribution in [2.45, 2.75) is 145 Å². The van der Waals surface area contributed by atoms with Crippen LogP contribution in [0.1, 0.15) is 132 Å². The molecule has 1 aromatic carbocycles. The van der Waals surface area contributed by atoms with Gasteiger partial charge in [-0.05, 0) is 128 Å². The van der Waals surface area contributed by atoms with Crippen molar-refractivity contribution in [3.8, 4) is 0 Å². The number of aliphatic hydroxyl groups is 1. The van der Waals surface area contributed by atoms with Crippen LogP contribution < -0.4 is 5.32 Å². The Morgan fingerprint density at radius 2 is 1.62 bits per heavy atom. The van der Waals surface area contributed by atoms with Crippen molar-refractivity contribution in [2.24, 2.45) is 56.2 Å². The van der Waals surface area contributed by atoms with Crippen LogP contribution in [0, 0.1) is 56.2 Å². The third-order valence-electron chi connectivity index (χ3n) is 16.1. The van der Waals surface area contributed by atoms with E-state index in [2.05, 4.69) is 53.8 Å². The molecular formula is C44H64ClNO6. The van der Waals surface area contributed by atoms with E-state index in [1.54, 1.807) is 13.8 Å². The van der Waals surface area contributed by atoms with Crippen molar-refractivity contribution in [3.63, 3.8) is 0 Å². The van der Waals surface area contributed by atoms with Crippen LogP contribution in [-0.2, 0) is 25.7 Å². The Kier molecular flexibility index (Phi) is 10.3. The highest BCUT2D eigenvalue weighted by molar-refractivity contribution is 6.30. The van der Waals surface area contributed by atoms with Gasteiger partial charge in [0, 0.05) is 35.4 Å². The molecule has 4 fully saturated rings. The molecule has 5 aliphatic carbocycles. The second kappa shape index (κ2) is 13.5. The van der Waals surface area contributed by atoms with Crippen molar-refractivity contribution >= 4 is 29.3 Å². The Bertz CT molecular complexity index is 1610. The number of aliphatic hydroxyl groups excluding tert-OH is 1. The third kappa shape index (κ3) is 6.11. The van der Waals surface area contributed by atoms with E-state index >= 15 is 0 Å². The van der Waals surface area contributed by atoms with Crippen molar-refractivity contribution in [2.75, 3.05) is 6.54 Å². The highest BCUT2D eigenvalue weighted by atomic mass is 35.5. The Morgan fingerprint density at radius 3 is 2.25 bits per heavy atom. The summed E-state index contributed by atoms with van der Waals surface area (Å²) in [6, 6.07) is 7.79. The molecular weight excluding hydrogens is 674 g/mol. The largest absolute Gasteiger partial charge is 0.481 e. The Balaban J connectivity index is 1.26. The number of benzene rings is 1. The monoisotopic (exact) mass is 737 g/mol. The normalized spacial score (nSPS) is 37.5. The van der Waals surface area contributed by atoms with E-state index < -0.39 is 28.9 Å². The van der Waals surface area contributed by atoms with Crippen LogP contribution in [0.15, 0.2) is 35.4 Å². The molecule has 0 amide bonds. The highest BCUT2D eigenvalue weighted by Crippen LogP contribution is 2.77. The lowest BCUT2D eigenvalue weighted by molar-refractivity contribution is -0.235. The molecule has 0 spiro atoms. The molecule has 0 radical (unpaired) electrons. The van der Waals surface area contributed by atoms with Crippen molar-refractivity contribution < 1.29 is 29.3 Å². The summed E-state index contributed by atoms with van der Waals surface area (Å²) in [4.78, 5) is 38.8. The van der Waals surface area contributed by atoms with E-state index in [-0.39, 0.29) is 51.8 Å². The predicted octanol–water partition coefficient (Wildman–Crippen LogP) is 9.18. The number of allylic oxidation sites excluding steroid dienone is 1. The van der Waals surface area contributed by atoms with Crippen LogP contribution in [0.2, 0.25) is 5.02 Å². The lowest BCUT2D eigenvalue weighted by atomic mass is 9.33. The minimum atomic E-state index is -1.17. The Morgan fingerprint density at radius 1 is 0.942 bits per heavy atom. The molecule has 52 heavy (non-hydrogen) atoms. The van der Waals surface area contributed by atoms with E-state index in [1.807, 2.05) is 24.3 Å². The number of fused-ring (bicyclic) bond motifs is 7. The predicted molar refractivity (Wildman–Crippen MR) is 205 cm³/mol. The van der Waals surface area contributed by atoms with E-state index in [0.717, 1.165) is 62.5 Å². The van der Waals surface area contributed by atoms with Crippen molar-refractivity contribution in [1.82, 2.24) is 5.32 Å². The zero-order valence-electron chi connectivity index (χ0n) is 33.2. The topological polar surface area (TPSA) is 113 Å². The zero-order valence-corrected chi connectivity index (χ0v) is 33.9. The number of carboxylic acids is 1. The van der Waals surface area contributed by atoms with Crippen molar-refractivity contribution in [1.29, 1.82) is 0 Å². The number of esters is 1. The number of hydrogen-bond acceptors (Lipinski definition) is 6. The molecule has 3 N–H and O–H groups in total. The molecule has 288 valence electrons. The molecule has 9 atom stereocenters. The fourth-order valence-corrected chi connectivity index (χ4v) is 13.2. The Labute approximate surface area is 317 Å². The van der Waals surface area contributed by atoms with E-state index in [4.69, 9.17) is 16.3 Å². The highest BCUT2D eigenvalue weighted by Gasteiger charge is 2.70. The summed E-state index contributed by atoms with van der Waals surface area (Å²) in [5.74, 6) is 0.0352. The molecule has 0 bridgehead atoms. The summed E-state index contributed by atoms with van der Waals surface area (Å²) >= 11 is 6.10. The smallest absolute Gasteiger partial charge is 0.309 e. The van der Waals surface area contributed by atoms with Crippen LogP contribution in [0.25, 0.3) is 0 Å². The van der Waals surface area contributed by atoms with Gasteiger partial charge in [0.15, 0.2) is 5.78 Å². The molecule has 8 heteroatoms. The fraction of sp³-hybridized carbons (Fsp3) is 0.750. The third-order valence-corrected chi connectivity index (χ3v) is 16.3. The molecule has 7 nitrogen and oxygen atoms in total. The maximum atomic E-state index is 14.0. The number of rotatable bonds is 10. The maximum absolute atomic E-state index is 14.0. The van der Waals surface area contributed by atoms with Gasteiger partial charge in [-0.2, -0.15) is 0 Å². The number of Topliss-reactive ketones (excluding diaryl/α,β-unsaturated/α-hetero) is 1. The molecule has 1 aromatic rings. The second-order valence-corrected chi connectivity index (χ2v) is 20.3. The number of nitrogens with one attached hydrogen (secondary N) is 1. The van der Waals surface area contributed by atoms with E-state index in [9.17, 15) is 24.6 Å². The Hall–Kier alpha value is -2.22. The maximum Gasteiger partial charge on any atom is 0.309 e. The summed E-state index contributed by atoms with van der Waals surface area (Å²) in [5, 5.41) is 26.0. The van der Waals surface area contributed by atoms with Crippen molar-refractivity contribution in [3.05, 3.63) is 46.0 Å².